The summed E-state index contributed by atoms with van der Waals surface area (Å²) in [5.41, 5.74) is 6.31. The van der Waals surface area contributed by atoms with Crippen LogP contribution in [-0.4, -0.2) is 22.5 Å². The molecule has 1 rings (SSSR count). The SMILES string of the molecule is CCSCCC(C)Nc1ncc(N)cc1Br. The largest absolute Gasteiger partial charge is 0.397 e. The summed E-state index contributed by atoms with van der Waals surface area (Å²) in [7, 11) is 0. The Morgan fingerprint density at radius 2 is 2.38 bits per heavy atom. The molecular formula is C11H18BrN3S. The Hall–Kier alpha value is -0.420. The van der Waals surface area contributed by atoms with E-state index in [2.05, 4.69) is 40.1 Å². The van der Waals surface area contributed by atoms with Crippen molar-refractivity contribution in [1.29, 1.82) is 0 Å². The van der Waals surface area contributed by atoms with Gasteiger partial charge in [-0.15, -0.1) is 0 Å². The highest BCUT2D eigenvalue weighted by atomic mass is 79.9. The molecular weight excluding hydrogens is 286 g/mol. The Balaban J connectivity index is 2.46. The number of nitrogens with zero attached hydrogens (tertiary/aromatic N) is 1. The van der Waals surface area contributed by atoms with Crippen molar-refractivity contribution in [2.24, 2.45) is 0 Å². The molecule has 0 aliphatic carbocycles. The first-order valence-electron chi connectivity index (χ1n) is 5.38. The van der Waals surface area contributed by atoms with Crippen molar-refractivity contribution >= 4 is 39.2 Å². The van der Waals surface area contributed by atoms with Crippen LogP contribution in [0.25, 0.3) is 0 Å². The van der Waals surface area contributed by atoms with Crippen LogP contribution in [0.4, 0.5) is 11.5 Å². The number of nitrogens with two attached hydrogens (primary N) is 1. The van der Waals surface area contributed by atoms with Crippen molar-refractivity contribution < 1.29 is 0 Å². The van der Waals surface area contributed by atoms with E-state index in [0.29, 0.717) is 11.7 Å². The lowest BCUT2D eigenvalue weighted by Crippen LogP contribution is -2.17. The van der Waals surface area contributed by atoms with E-state index in [1.807, 2.05) is 17.8 Å². The summed E-state index contributed by atoms with van der Waals surface area (Å²) in [5.74, 6) is 3.22. The van der Waals surface area contributed by atoms with Crippen molar-refractivity contribution in [3.63, 3.8) is 0 Å². The van der Waals surface area contributed by atoms with Gasteiger partial charge in [0.05, 0.1) is 16.4 Å². The van der Waals surface area contributed by atoms with E-state index in [1.54, 1.807) is 6.20 Å². The summed E-state index contributed by atoms with van der Waals surface area (Å²) in [6, 6.07) is 2.29. The molecule has 1 aromatic heterocycles. The molecule has 1 aromatic rings. The Morgan fingerprint density at radius 3 is 3.00 bits per heavy atom. The first-order valence-corrected chi connectivity index (χ1v) is 7.33. The monoisotopic (exact) mass is 303 g/mol. The second kappa shape index (κ2) is 7.01. The molecule has 0 bridgehead atoms. The molecule has 0 aliphatic heterocycles. The number of aromatic nitrogens is 1. The van der Waals surface area contributed by atoms with Crippen LogP contribution in [0.15, 0.2) is 16.7 Å². The van der Waals surface area contributed by atoms with Gasteiger partial charge in [0, 0.05) is 6.04 Å². The number of rotatable bonds is 6. The zero-order valence-electron chi connectivity index (χ0n) is 9.66. The van der Waals surface area contributed by atoms with Gasteiger partial charge in [-0.3, -0.25) is 0 Å². The minimum absolute atomic E-state index is 0.423. The second-order valence-electron chi connectivity index (χ2n) is 3.63. The van der Waals surface area contributed by atoms with Crippen molar-refractivity contribution in [2.75, 3.05) is 22.6 Å². The zero-order chi connectivity index (χ0) is 12.0. The number of thioether (sulfide) groups is 1. The van der Waals surface area contributed by atoms with Crippen molar-refractivity contribution in [3.05, 3.63) is 16.7 Å². The standard InChI is InChI=1S/C11H18BrN3S/c1-3-16-5-4-8(2)15-11-10(12)6-9(13)7-14-11/h6-8H,3-5,13H2,1-2H3,(H,14,15). The van der Waals surface area contributed by atoms with Gasteiger partial charge in [-0.05, 0) is 46.8 Å². The smallest absolute Gasteiger partial charge is 0.140 e. The summed E-state index contributed by atoms with van der Waals surface area (Å²) in [5, 5.41) is 3.37. The lowest BCUT2D eigenvalue weighted by Gasteiger charge is -2.15. The maximum Gasteiger partial charge on any atom is 0.140 e. The number of hydrogen-bond donors (Lipinski definition) is 2. The molecule has 0 radical (unpaired) electrons. The molecule has 0 saturated carbocycles. The van der Waals surface area contributed by atoms with E-state index in [4.69, 9.17) is 5.73 Å². The van der Waals surface area contributed by atoms with Crippen molar-refractivity contribution in [2.45, 2.75) is 26.3 Å². The predicted molar refractivity (Wildman–Crippen MR) is 77.1 cm³/mol. The van der Waals surface area contributed by atoms with Crippen LogP contribution in [0.1, 0.15) is 20.3 Å². The molecule has 0 spiro atoms. The minimum Gasteiger partial charge on any atom is -0.397 e. The number of nitrogens with one attached hydrogen (secondary N) is 1. The van der Waals surface area contributed by atoms with Crippen LogP contribution in [0.5, 0.6) is 0 Å². The lowest BCUT2D eigenvalue weighted by molar-refractivity contribution is 0.766. The molecule has 0 saturated heterocycles. The highest BCUT2D eigenvalue weighted by Crippen LogP contribution is 2.22. The van der Waals surface area contributed by atoms with Crippen LogP contribution >= 0.6 is 27.7 Å². The van der Waals surface area contributed by atoms with Gasteiger partial charge < -0.3 is 11.1 Å². The van der Waals surface area contributed by atoms with Crippen LogP contribution < -0.4 is 11.1 Å². The number of halogens is 1. The number of anilines is 2. The molecule has 16 heavy (non-hydrogen) atoms. The molecule has 1 heterocycles. The fourth-order valence-electron chi connectivity index (χ4n) is 1.27. The quantitative estimate of drug-likeness (QED) is 0.791. The average Bonchev–Trinajstić information content (AvgIpc) is 2.23. The molecule has 1 unspecified atom stereocenters. The van der Waals surface area contributed by atoms with Crippen LogP contribution in [-0.2, 0) is 0 Å². The van der Waals surface area contributed by atoms with Gasteiger partial charge >= 0.3 is 0 Å². The topological polar surface area (TPSA) is 50.9 Å². The fourth-order valence-corrected chi connectivity index (χ4v) is 2.56. The Morgan fingerprint density at radius 1 is 1.62 bits per heavy atom. The third kappa shape index (κ3) is 4.61. The molecule has 90 valence electrons. The van der Waals surface area contributed by atoms with Crippen LogP contribution in [0.3, 0.4) is 0 Å². The summed E-state index contributed by atoms with van der Waals surface area (Å²) >= 11 is 5.41. The molecule has 0 aromatic carbocycles. The van der Waals surface area contributed by atoms with Crippen molar-refractivity contribution in [1.82, 2.24) is 4.98 Å². The Labute approximate surface area is 110 Å². The number of pyridine rings is 1. The van der Waals surface area contributed by atoms with Gasteiger partial charge in [0.1, 0.15) is 5.82 Å². The van der Waals surface area contributed by atoms with E-state index < -0.39 is 0 Å². The van der Waals surface area contributed by atoms with Crippen LogP contribution in [0.2, 0.25) is 0 Å². The van der Waals surface area contributed by atoms with Gasteiger partial charge in [0.15, 0.2) is 0 Å². The third-order valence-electron chi connectivity index (χ3n) is 2.14. The van der Waals surface area contributed by atoms with Crippen molar-refractivity contribution in [3.8, 4) is 0 Å². The van der Waals surface area contributed by atoms with E-state index in [0.717, 1.165) is 16.7 Å². The second-order valence-corrected chi connectivity index (χ2v) is 5.88. The highest BCUT2D eigenvalue weighted by molar-refractivity contribution is 9.10. The minimum atomic E-state index is 0.423. The van der Waals surface area contributed by atoms with Gasteiger partial charge in [-0.2, -0.15) is 11.8 Å². The molecule has 3 nitrogen and oxygen atoms in total. The molecule has 0 amide bonds. The highest BCUT2D eigenvalue weighted by Gasteiger charge is 2.06. The molecule has 0 fully saturated rings. The maximum absolute atomic E-state index is 5.63. The molecule has 1 atom stereocenters. The normalized spacial score (nSPS) is 12.4. The summed E-state index contributed by atoms with van der Waals surface area (Å²) < 4.78 is 0.919. The van der Waals surface area contributed by atoms with Gasteiger partial charge in [-0.25, -0.2) is 4.98 Å². The molecule has 3 N–H and O–H groups in total. The Bertz CT molecular complexity index is 333. The van der Waals surface area contributed by atoms with Gasteiger partial charge in [0.2, 0.25) is 0 Å². The zero-order valence-corrected chi connectivity index (χ0v) is 12.1. The first kappa shape index (κ1) is 13.6. The summed E-state index contributed by atoms with van der Waals surface area (Å²) in [6.45, 7) is 4.35. The molecule has 5 heteroatoms. The first-order chi connectivity index (χ1) is 7.63. The lowest BCUT2D eigenvalue weighted by atomic mass is 10.2. The van der Waals surface area contributed by atoms with Crippen LogP contribution in [0, 0.1) is 0 Å². The van der Waals surface area contributed by atoms with E-state index in [9.17, 15) is 0 Å². The van der Waals surface area contributed by atoms with E-state index >= 15 is 0 Å². The Kier molecular flexibility index (Phi) is 5.98. The predicted octanol–water partition coefficient (Wildman–Crippen LogP) is 3.37. The summed E-state index contributed by atoms with van der Waals surface area (Å²) in [6.07, 6.45) is 2.80. The average molecular weight is 304 g/mol. The summed E-state index contributed by atoms with van der Waals surface area (Å²) in [4.78, 5) is 4.26. The number of nitrogen functional groups attached to an aromatic ring is 1. The maximum atomic E-state index is 5.63. The van der Waals surface area contributed by atoms with E-state index in [1.165, 1.54) is 11.5 Å². The fraction of sp³-hybridized carbons (Fsp3) is 0.545. The van der Waals surface area contributed by atoms with E-state index in [-0.39, 0.29) is 0 Å². The van der Waals surface area contributed by atoms with Gasteiger partial charge in [0.25, 0.3) is 0 Å². The number of hydrogen-bond acceptors (Lipinski definition) is 4. The third-order valence-corrected chi connectivity index (χ3v) is 3.68. The molecule has 0 aliphatic rings. The van der Waals surface area contributed by atoms with Gasteiger partial charge in [-0.1, -0.05) is 6.92 Å².